The monoisotopic (exact) mass is 448 g/mol. The van der Waals surface area contributed by atoms with Crippen LogP contribution in [0.15, 0.2) is 12.1 Å². The smallest absolute Gasteiger partial charge is 0.416 e. The van der Waals surface area contributed by atoms with Gasteiger partial charge >= 0.3 is 12.4 Å². The Morgan fingerprint density at radius 1 is 1.03 bits per heavy atom. The summed E-state index contributed by atoms with van der Waals surface area (Å²) < 4.78 is 85.9. The normalized spacial score (nSPS) is 17.0. The summed E-state index contributed by atoms with van der Waals surface area (Å²) in [5, 5.41) is 3.15. The van der Waals surface area contributed by atoms with Crippen molar-refractivity contribution < 1.29 is 31.1 Å². The SMILES string of the molecule is CCCCC[C@H](c1c(OC)cc(C(F)(F)F)cc1C(F)(F)F)N1CCNCC1.Cl. The highest BCUT2D eigenvalue weighted by Gasteiger charge is 2.42. The van der Waals surface area contributed by atoms with Crippen LogP contribution in [0.1, 0.15) is 55.3 Å². The Morgan fingerprint density at radius 3 is 2.14 bits per heavy atom. The van der Waals surface area contributed by atoms with E-state index in [2.05, 4.69) is 5.32 Å². The number of hydrogen-bond acceptors (Lipinski definition) is 3. The minimum Gasteiger partial charge on any atom is -0.496 e. The van der Waals surface area contributed by atoms with Gasteiger partial charge in [-0.15, -0.1) is 12.4 Å². The Bertz CT molecular complexity index is 645. The number of alkyl halides is 6. The lowest BCUT2D eigenvalue weighted by molar-refractivity contribution is -0.144. The average molecular weight is 449 g/mol. The van der Waals surface area contributed by atoms with E-state index in [-0.39, 0.29) is 29.8 Å². The largest absolute Gasteiger partial charge is 0.496 e. The first-order chi connectivity index (χ1) is 13.1. The third kappa shape index (κ3) is 6.65. The Kier molecular flexibility index (Phi) is 9.56. The predicted molar refractivity (Wildman–Crippen MR) is 102 cm³/mol. The molecule has 1 fully saturated rings. The maximum Gasteiger partial charge on any atom is 0.416 e. The zero-order valence-electron chi connectivity index (χ0n) is 16.4. The molecule has 0 bridgehead atoms. The van der Waals surface area contributed by atoms with Crippen LogP contribution in [-0.4, -0.2) is 38.2 Å². The molecule has 1 aromatic rings. The summed E-state index contributed by atoms with van der Waals surface area (Å²) >= 11 is 0. The summed E-state index contributed by atoms with van der Waals surface area (Å²) in [5.74, 6) is -0.359. The number of nitrogens with zero attached hydrogens (tertiary/aromatic N) is 1. The highest BCUT2D eigenvalue weighted by molar-refractivity contribution is 5.85. The topological polar surface area (TPSA) is 24.5 Å². The van der Waals surface area contributed by atoms with Crippen LogP contribution < -0.4 is 10.1 Å². The van der Waals surface area contributed by atoms with E-state index in [9.17, 15) is 26.3 Å². The van der Waals surface area contributed by atoms with E-state index < -0.39 is 29.5 Å². The van der Waals surface area contributed by atoms with Crippen LogP contribution in [0.25, 0.3) is 0 Å². The number of halogens is 7. The highest BCUT2D eigenvalue weighted by atomic mass is 35.5. The molecule has 0 unspecified atom stereocenters. The van der Waals surface area contributed by atoms with Gasteiger partial charge in [0.25, 0.3) is 0 Å². The third-order valence-electron chi connectivity index (χ3n) is 5.00. The summed E-state index contributed by atoms with van der Waals surface area (Å²) in [6.45, 7) is 4.28. The first-order valence-electron chi connectivity index (χ1n) is 9.40. The van der Waals surface area contributed by atoms with E-state index in [1.54, 1.807) is 0 Å². The first kappa shape index (κ1) is 25.8. The molecule has 0 spiro atoms. The van der Waals surface area contributed by atoms with Crippen molar-refractivity contribution in [2.24, 2.45) is 0 Å². The molecule has 3 nitrogen and oxygen atoms in total. The Balaban J connectivity index is 0.00000420. The summed E-state index contributed by atoms with van der Waals surface area (Å²) in [4.78, 5) is 1.91. The number of hydrogen-bond donors (Lipinski definition) is 1. The molecule has 0 saturated carbocycles. The number of methoxy groups -OCH3 is 1. The van der Waals surface area contributed by atoms with E-state index in [4.69, 9.17) is 4.74 Å². The zero-order chi connectivity index (χ0) is 20.9. The molecule has 1 aliphatic heterocycles. The van der Waals surface area contributed by atoms with Crippen LogP contribution in [0.3, 0.4) is 0 Å². The summed E-state index contributed by atoms with van der Waals surface area (Å²) in [6, 6.07) is 0.245. The summed E-state index contributed by atoms with van der Waals surface area (Å²) in [6.07, 6.45) is -6.96. The van der Waals surface area contributed by atoms with Crippen molar-refractivity contribution in [1.82, 2.24) is 10.2 Å². The Labute approximate surface area is 173 Å². The van der Waals surface area contributed by atoms with Gasteiger partial charge in [-0.05, 0) is 18.6 Å². The highest BCUT2D eigenvalue weighted by Crippen LogP contribution is 2.46. The van der Waals surface area contributed by atoms with Crippen molar-refractivity contribution in [1.29, 1.82) is 0 Å². The molecule has 0 aromatic heterocycles. The first-order valence-corrected chi connectivity index (χ1v) is 9.40. The lowest BCUT2D eigenvalue weighted by Crippen LogP contribution is -2.45. The minimum absolute atomic E-state index is 0. The van der Waals surface area contributed by atoms with Gasteiger partial charge in [-0.1, -0.05) is 26.2 Å². The second-order valence-electron chi connectivity index (χ2n) is 6.93. The Morgan fingerprint density at radius 2 is 1.66 bits per heavy atom. The van der Waals surface area contributed by atoms with E-state index in [1.165, 1.54) is 0 Å². The van der Waals surface area contributed by atoms with Gasteiger partial charge in [0.1, 0.15) is 5.75 Å². The van der Waals surface area contributed by atoms with Crippen molar-refractivity contribution in [2.45, 2.75) is 51.0 Å². The average Bonchev–Trinajstić information content (AvgIpc) is 2.63. The molecule has 29 heavy (non-hydrogen) atoms. The minimum atomic E-state index is -4.92. The molecule has 0 aliphatic carbocycles. The molecule has 1 saturated heterocycles. The van der Waals surface area contributed by atoms with Gasteiger partial charge in [-0.3, -0.25) is 4.90 Å². The molecule has 1 aromatic carbocycles. The molecule has 2 rings (SSSR count). The van der Waals surface area contributed by atoms with Crippen molar-refractivity contribution in [2.75, 3.05) is 33.3 Å². The summed E-state index contributed by atoms with van der Waals surface area (Å²) in [5.41, 5.74) is -2.81. The standard InChI is InChI=1S/C19H26F6N2O.ClH/c1-3-4-5-6-15(27-9-7-26-8-10-27)17-14(19(23,24)25)11-13(18(20,21)22)12-16(17)28-2;/h11-12,15,26H,3-10H2,1-2H3;1H/t15-;/m1./s1. The fourth-order valence-electron chi connectivity index (χ4n) is 3.63. The van der Waals surface area contributed by atoms with E-state index in [0.29, 0.717) is 45.1 Å². The number of rotatable bonds is 7. The van der Waals surface area contributed by atoms with Gasteiger partial charge in [0.2, 0.25) is 0 Å². The molecule has 0 radical (unpaired) electrons. The van der Waals surface area contributed by atoms with Gasteiger partial charge < -0.3 is 10.1 Å². The molecule has 0 amide bonds. The maximum absolute atomic E-state index is 13.8. The van der Waals surface area contributed by atoms with Crippen molar-refractivity contribution in [3.05, 3.63) is 28.8 Å². The van der Waals surface area contributed by atoms with Crippen LogP contribution in [0.5, 0.6) is 5.75 Å². The second-order valence-corrected chi connectivity index (χ2v) is 6.93. The van der Waals surface area contributed by atoms with Crippen molar-refractivity contribution in [3.8, 4) is 5.75 Å². The van der Waals surface area contributed by atoms with Crippen LogP contribution in [-0.2, 0) is 12.4 Å². The molecule has 10 heteroatoms. The van der Waals surface area contributed by atoms with Crippen LogP contribution >= 0.6 is 12.4 Å². The number of ether oxygens (including phenoxy) is 1. The lowest BCUT2D eigenvalue weighted by Gasteiger charge is -2.37. The van der Waals surface area contributed by atoms with Gasteiger partial charge in [0.05, 0.1) is 18.2 Å². The van der Waals surface area contributed by atoms with Crippen molar-refractivity contribution in [3.63, 3.8) is 0 Å². The van der Waals surface area contributed by atoms with Gasteiger partial charge in [0, 0.05) is 37.8 Å². The van der Waals surface area contributed by atoms with Gasteiger partial charge in [-0.2, -0.15) is 26.3 Å². The number of piperazine rings is 1. The van der Waals surface area contributed by atoms with Crippen LogP contribution in [0.4, 0.5) is 26.3 Å². The van der Waals surface area contributed by atoms with E-state index in [1.807, 2.05) is 11.8 Å². The molecular formula is C19H27ClF6N2O. The molecule has 1 aliphatic rings. The quantitative estimate of drug-likeness (QED) is 0.429. The summed E-state index contributed by atoms with van der Waals surface area (Å²) in [7, 11) is 1.11. The molecule has 1 N–H and O–H groups in total. The second kappa shape index (κ2) is 10.7. The molecule has 1 atom stereocenters. The molecular weight excluding hydrogens is 422 g/mol. The zero-order valence-corrected chi connectivity index (χ0v) is 17.2. The van der Waals surface area contributed by atoms with Crippen LogP contribution in [0, 0.1) is 0 Å². The Hall–Kier alpha value is -1.19. The lowest BCUT2D eigenvalue weighted by atomic mass is 9.91. The van der Waals surface area contributed by atoms with E-state index >= 15 is 0 Å². The van der Waals surface area contributed by atoms with Gasteiger partial charge in [0.15, 0.2) is 0 Å². The van der Waals surface area contributed by atoms with Crippen LogP contribution in [0.2, 0.25) is 0 Å². The number of nitrogens with one attached hydrogen (secondary N) is 1. The van der Waals surface area contributed by atoms with Gasteiger partial charge in [-0.25, -0.2) is 0 Å². The fourth-order valence-corrected chi connectivity index (χ4v) is 3.63. The maximum atomic E-state index is 13.8. The fraction of sp³-hybridized carbons (Fsp3) is 0.684. The third-order valence-corrected chi connectivity index (χ3v) is 5.00. The molecule has 1 heterocycles. The number of unbranched alkanes of at least 4 members (excludes halogenated alkanes) is 2. The predicted octanol–water partition coefficient (Wildman–Crippen LogP) is 5.68. The molecule has 168 valence electrons. The number of benzene rings is 1. The van der Waals surface area contributed by atoms with Crippen molar-refractivity contribution >= 4 is 12.4 Å². The van der Waals surface area contributed by atoms with E-state index in [0.717, 1.165) is 20.0 Å².